The second-order valence-electron chi connectivity index (χ2n) is 5.45. The van der Waals surface area contributed by atoms with Crippen molar-refractivity contribution < 1.29 is 15.0 Å². The van der Waals surface area contributed by atoms with Gasteiger partial charge in [-0.25, -0.2) is 4.79 Å². The van der Waals surface area contributed by atoms with Gasteiger partial charge in [0.25, 0.3) is 0 Å². The highest BCUT2D eigenvalue weighted by molar-refractivity contribution is 5.84. The molecule has 0 unspecified atom stereocenters. The molecule has 0 bridgehead atoms. The van der Waals surface area contributed by atoms with E-state index in [0.717, 1.165) is 12.1 Å². The number of aromatic nitrogens is 1. The van der Waals surface area contributed by atoms with Crippen molar-refractivity contribution in [3.05, 3.63) is 35.5 Å². The van der Waals surface area contributed by atoms with Gasteiger partial charge in [0.05, 0.1) is 11.5 Å². The lowest BCUT2D eigenvalue weighted by molar-refractivity contribution is 0.177. The Hall–Kier alpha value is -2.01. The zero-order valence-corrected chi connectivity index (χ0v) is 12.2. The Balaban J connectivity index is 2.06. The Labute approximate surface area is 129 Å². The van der Waals surface area contributed by atoms with Crippen LogP contribution in [0.3, 0.4) is 0 Å². The summed E-state index contributed by atoms with van der Waals surface area (Å²) >= 11 is 0. The number of aromatic amines is 1. The molecule has 1 amide bonds. The number of benzene rings is 1. The summed E-state index contributed by atoms with van der Waals surface area (Å²) in [4.78, 5) is 16.3. The molecule has 3 rings (SSSR count). The number of carbonyl (C=O) groups excluding carboxylic acids is 1. The number of hydrogen-bond acceptors (Lipinski definition) is 3. The molecule has 1 saturated heterocycles. The maximum absolute atomic E-state index is 11.3. The number of cyclic esters (lactones) is 1. The molecule has 0 aliphatic carbocycles. The van der Waals surface area contributed by atoms with Gasteiger partial charge in [0.1, 0.15) is 6.61 Å². The summed E-state index contributed by atoms with van der Waals surface area (Å²) in [6, 6.07) is -1.36. The van der Waals surface area contributed by atoms with Crippen molar-refractivity contribution >= 4 is 17.0 Å². The molecular formula is C16H21N3O2. The Bertz CT molecular complexity index is 837. The first-order chi connectivity index (χ1) is 11.7. The Morgan fingerprint density at radius 1 is 1.52 bits per heavy atom. The van der Waals surface area contributed by atoms with Gasteiger partial charge in [-0.3, -0.25) is 0 Å². The van der Waals surface area contributed by atoms with Gasteiger partial charge in [-0.1, -0.05) is 6.04 Å². The van der Waals surface area contributed by atoms with E-state index in [2.05, 4.69) is 10.3 Å². The molecule has 2 heterocycles. The third-order valence-corrected chi connectivity index (χ3v) is 3.45. The molecule has 1 aromatic heterocycles. The minimum Gasteiger partial charge on any atom is -0.447 e. The molecule has 2 aromatic rings. The van der Waals surface area contributed by atoms with Crippen LogP contribution in [0.4, 0.5) is 4.79 Å². The lowest BCUT2D eigenvalue weighted by Gasteiger charge is -2.09. The van der Waals surface area contributed by atoms with Crippen LogP contribution in [0.25, 0.3) is 10.9 Å². The molecule has 0 spiro atoms. The Morgan fingerprint density at radius 2 is 2.38 bits per heavy atom. The van der Waals surface area contributed by atoms with Crippen LogP contribution in [-0.2, 0) is 17.6 Å². The van der Waals surface area contributed by atoms with E-state index in [1.165, 1.54) is 0 Å². The summed E-state index contributed by atoms with van der Waals surface area (Å²) in [7, 11) is 3.93. The minimum atomic E-state index is -1.41. The summed E-state index contributed by atoms with van der Waals surface area (Å²) in [6.45, 7) is 0.653. The molecule has 0 saturated carbocycles. The predicted octanol–water partition coefficient (Wildman–Crippen LogP) is 1.92. The molecule has 5 nitrogen and oxygen atoms in total. The molecular weight excluding hydrogens is 266 g/mol. The molecule has 2 N–H and O–H groups in total. The molecule has 1 atom stereocenters. The third kappa shape index (κ3) is 3.19. The van der Waals surface area contributed by atoms with Gasteiger partial charge in [-0.2, -0.15) is 0 Å². The van der Waals surface area contributed by atoms with E-state index < -0.39 is 12.1 Å². The standard InChI is InChI=1S/C16H21N3O2/c1-19(2)6-5-12-9-17-15-4-3-11(8-14(12)15)7-13-10-21-16(20)18-13/h3-4,8-9,13,17H,5-7,10H2,1-2H3,(H,18,20)/t13-/m0/s1/i3D,4D,8D,13D. The number of alkyl carbamates (subject to hydrolysis) is 1. The van der Waals surface area contributed by atoms with E-state index in [1.807, 2.05) is 19.0 Å². The van der Waals surface area contributed by atoms with E-state index in [1.54, 1.807) is 6.20 Å². The van der Waals surface area contributed by atoms with Crippen molar-refractivity contribution in [1.82, 2.24) is 15.2 Å². The van der Waals surface area contributed by atoms with Crippen molar-refractivity contribution in [2.75, 3.05) is 27.2 Å². The summed E-state index contributed by atoms with van der Waals surface area (Å²) in [5.41, 5.74) is 1.66. The van der Waals surface area contributed by atoms with E-state index >= 15 is 0 Å². The Morgan fingerprint density at radius 3 is 3.10 bits per heavy atom. The zero-order valence-electron chi connectivity index (χ0n) is 16.2. The smallest absolute Gasteiger partial charge is 0.407 e. The number of amides is 1. The quantitative estimate of drug-likeness (QED) is 0.885. The average Bonchev–Trinajstić information content (AvgIpc) is 3.11. The second kappa shape index (κ2) is 5.77. The summed E-state index contributed by atoms with van der Waals surface area (Å²) in [5, 5.41) is 3.03. The fraction of sp³-hybridized carbons (Fsp3) is 0.438. The first-order valence-electron chi connectivity index (χ1n) is 8.90. The lowest BCUT2D eigenvalue weighted by Crippen LogP contribution is -2.28. The van der Waals surface area contributed by atoms with Crippen molar-refractivity contribution in [1.29, 1.82) is 0 Å². The van der Waals surface area contributed by atoms with Crippen molar-refractivity contribution in [3.8, 4) is 0 Å². The fourth-order valence-corrected chi connectivity index (χ4v) is 2.33. The van der Waals surface area contributed by atoms with Crippen LogP contribution in [-0.4, -0.2) is 49.2 Å². The van der Waals surface area contributed by atoms with Crippen molar-refractivity contribution in [2.24, 2.45) is 0 Å². The first-order valence-corrected chi connectivity index (χ1v) is 6.90. The van der Waals surface area contributed by atoms with Crippen LogP contribution in [0.1, 0.15) is 16.6 Å². The maximum Gasteiger partial charge on any atom is 0.407 e. The van der Waals surface area contributed by atoms with E-state index in [9.17, 15) is 4.79 Å². The van der Waals surface area contributed by atoms with Crippen LogP contribution in [0.15, 0.2) is 24.3 Å². The monoisotopic (exact) mass is 291 g/mol. The SMILES string of the molecule is [2H]c1c(C[C@@]2([2H])COC(=O)N2)c([2H])c2c(CCN(C)C)c[nH]c2c1[2H]. The summed E-state index contributed by atoms with van der Waals surface area (Å²) < 4.78 is 38.1. The topological polar surface area (TPSA) is 57.4 Å². The second-order valence-corrected chi connectivity index (χ2v) is 5.45. The Kier molecular flexibility index (Phi) is 2.71. The van der Waals surface area contributed by atoms with Crippen LogP contribution >= 0.6 is 0 Å². The number of nitrogens with one attached hydrogen (secondary N) is 2. The van der Waals surface area contributed by atoms with E-state index in [0.29, 0.717) is 17.3 Å². The average molecular weight is 291 g/mol. The van der Waals surface area contributed by atoms with Crippen molar-refractivity contribution in [3.63, 3.8) is 0 Å². The molecule has 5 heteroatoms. The number of nitrogens with zero attached hydrogens (tertiary/aromatic N) is 1. The van der Waals surface area contributed by atoms with Gasteiger partial charge in [0.2, 0.25) is 0 Å². The number of rotatable bonds is 5. The summed E-state index contributed by atoms with van der Waals surface area (Å²) in [6.07, 6.45) is 1.77. The number of likely N-dealkylation sites (N-methyl/N-ethyl adjacent to an activating group) is 1. The van der Waals surface area contributed by atoms with Gasteiger partial charge in [-0.05, 0) is 50.1 Å². The molecule has 1 aliphatic heterocycles. The van der Waals surface area contributed by atoms with Crippen LogP contribution in [0.2, 0.25) is 0 Å². The normalized spacial score (nSPS) is 24.4. The summed E-state index contributed by atoms with van der Waals surface area (Å²) in [5.74, 6) is 0. The van der Waals surface area contributed by atoms with E-state index in [-0.39, 0.29) is 36.7 Å². The van der Waals surface area contributed by atoms with Gasteiger partial charge in [0, 0.05) is 23.6 Å². The molecule has 1 aromatic carbocycles. The molecule has 21 heavy (non-hydrogen) atoms. The largest absolute Gasteiger partial charge is 0.447 e. The molecule has 1 fully saturated rings. The highest BCUT2D eigenvalue weighted by Crippen LogP contribution is 2.21. The minimum absolute atomic E-state index is 0.00550. The number of ether oxygens (including phenoxy) is 1. The molecule has 112 valence electrons. The van der Waals surface area contributed by atoms with E-state index in [4.69, 9.17) is 10.2 Å². The first kappa shape index (κ1) is 9.84. The highest BCUT2D eigenvalue weighted by atomic mass is 16.6. The highest BCUT2D eigenvalue weighted by Gasteiger charge is 2.22. The van der Waals surface area contributed by atoms with Gasteiger partial charge >= 0.3 is 6.09 Å². The van der Waals surface area contributed by atoms with Gasteiger partial charge < -0.3 is 19.9 Å². The number of hydrogen-bond donors (Lipinski definition) is 2. The lowest BCUT2D eigenvalue weighted by atomic mass is 10.0. The van der Waals surface area contributed by atoms with Gasteiger partial charge in [0.15, 0.2) is 0 Å². The maximum atomic E-state index is 11.3. The predicted molar refractivity (Wildman–Crippen MR) is 82.5 cm³/mol. The number of H-pyrrole nitrogens is 1. The van der Waals surface area contributed by atoms with Crippen LogP contribution in [0, 0.1) is 0 Å². The van der Waals surface area contributed by atoms with Gasteiger partial charge in [-0.15, -0.1) is 0 Å². The third-order valence-electron chi connectivity index (χ3n) is 3.45. The zero-order chi connectivity index (χ0) is 18.4. The number of fused-ring (bicyclic) bond motifs is 1. The molecule has 1 aliphatic rings. The van der Waals surface area contributed by atoms with Crippen LogP contribution < -0.4 is 5.32 Å². The van der Waals surface area contributed by atoms with Crippen molar-refractivity contribution in [2.45, 2.75) is 18.9 Å². The number of carbonyl (C=O) groups is 1. The fourth-order valence-electron chi connectivity index (χ4n) is 2.33. The van der Waals surface area contributed by atoms with Crippen LogP contribution in [0.5, 0.6) is 0 Å². The molecule has 0 radical (unpaired) electrons.